The third-order valence-electron chi connectivity index (χ3n) is 8.52. The lowest BCUT2D eigenvalue weighted by Gasteiger charge is -2.57. The van der Waals surface area contributed by atoms with Crippen LogP contribution in [0.5, 0.6) is 0 Å². The molecular formula is C21H32O2. The molecule has 0 unspecified atom stereocenters. The lowest BCUT2D eigenvalue weighted by molar-refractivity contribution is -0.132. The number of carbonyl (C=O) groups excluding carboxylic acids is 1. The summed E-state index contributed by atoms with van der Waals surface area (Å²) in [5, 5.41) is 11.3. The molecular weight excluding hydrogens is 284 g/mol. The Hall–Kier alpha value is -0.630. The van der Waals surface area contributed by atoms with Gasteiger partial charge in [-0.2, -0.15) is 0 Å². The lowest BCUT2D eigenvalue weighted by atomic mass is 9.49. The van der Waals surface area contributed by atoms with E-state index in [2.05, 4.69) is 13.8 Å². The van der Waals surface area contributed by atoms with E-state index in [4.69, 9.17) is 0 Å². The minimum absolute atomic E-state index is 0.175. The van der Waals surface area contributed by atoms with Crippen LogP contribution in [0.15, 0.2) is 11.6 Å². The van der Waals surface area contributed by atoms with Crippen molar-refractivity contribution in [2.45, 2.75) is 83.7 Å². The zero-order chi connectivity index (χ0) is 16.2. The first-order valence-corrected chi connectivity index (χ1v) is 10.0. The van der Waals surface area contributed by atoms with Crippen molar-refractivity contribution >= 4 is 5.78 Å². The average Bonchev–Trinajstić information content (AvgIpc) is 2.88. The molecule has 1 N–H and O–H groups in total. The van der Waals surface area contributed by atoms with E-state index in [0.717, 1.165) is 56.3 Å². The standard InChI is InChI=1S/C21H32O2/c1-3-20-11-9-17-16-8-6-15(22)13-14(16)5-7-18(17)19(20)10-12-21(20,23)4-2/h13,16-19,23H,3-12H2,1-2H3/t16-,17+,18+,19-,20+,21-/m1/s1. The van der Waals surface area contributed by atoms with Crippen LogP contribution in [0.4, 0.5) is 0 Å². The summed E-state index contributed by atoms with van der Waals surface area (Å²) >= 11 is 0. The summed E-state index contributed by atoms with van der Waals surface area (Å²) in [6.45, 7) is 4.49. The molecule has 0 radical (unpaired) electrons. The van der Waals surface area contributed by atoms with Crippen molar-refractivity contribution in [1.29, 1.82) is 0 Å². The van der Waals surface area contributed by atoms with Crippen LogP contribution >= 0.6 is 0 Å². The molecule has 128 valence electrons. The van der Waals surface area contributed by atoms with Gasteiger partial charge in [-0.1, -0.05) is 19.4 Å². The van der Waals surface area contributed by atoms with Crippen molar-refractivity contribution in [2.75, 3.05) is 0 Å². The SMILES string of the molecule is CC[C@@]1(O)CC[C@@H]2[C@H]3CCC4=CC(=O)CC[C@H]4[C@@H]3CC[C@@]21CC. The molecule has 4 aliphatic rings. The van der Waals surface area contributed by atoms with Gasteiger partial charge in [-0.15, -0.1) is 0 Å². The molecule has 6 atom stereocenters. The number of aliphatic hydroxyl groups is 1. The molecule has 0 saturated heterocycles. The Morgan fingerprint density at radius 3 is 2.61 bits per heavy atom. The van der Waals surface area contributed by atoms with E-state index in [0.29, 0.717) is 11.7 Å². The Morgan fingerprint density at radius 1 is 1.04 bits per heavy atom. The Balaban J connectivity index is 1.65. The molecule has 2 heteroatoms. The highest BCUT2D eigenvalue weighted by Crippen LogP contribution is 2.66. The van der Waals surface area contributed by atoms with Gasteiger partial charge in [0.15, 0.2) is 5.78 Å². The number of hydrogen-bond acceptors (Lipinski definition) is 2. The maximum absolute atomic E-state index is 11.8. The fourth-order valence-electron chi connectivity index (χ4n) is 7.40. The molecule has 0 aromatic rings. The van der Waals surface area contributed by atoms with Crippen LogP contribution < -0.4 is 0 Å². The van der Waals surface area contributed by atoms with E-state index in [-0.39, 0.29) is 5.41 Å². The monoisotopic (exact) mass is 316 g/mol. The molecule has 0 heterocycles. The molecule has 0 aromatic heterocycles. The van der Waals surface area contributed by atoms with E-state index in [9.17, 15) is 9.90 Å². The normalized spacial score (nSPS) is 49.2. The van der Waals surface area contributed by atoms with Gasteiger partial charge >= 0.3 is 0 Å². The molecule has 0 bridgehead atoms. The number of carbonyl (C=O) groups is 1. The number of rotatable bonds is 2. The molecule has 3 fully saturated rings. The fourth-order valence-corrected chi connectivity index (χ4v) is 7.40. The van der Waals surface area contributed by atoms with Crippen molar-refractivity contribution in [3.05, 3.63) is 11.6 Å². The van der Waals surface area contributed by atoms with Crippen LogP contribution in [-0.4, -0.2) is 16.5 Å². The summed E-state index contributed by atoms with van der Waals surface area (Å²) in [7, 11) is 0. The summed E-state index contributed by atoms with van der Waals surface area (Å²) < 4.78 is 0. The van der Waals surface area contributed by atoms with E-state index < -0.39 is 5.60 Å². The number of ketones is 1. The van der Waals surface area contributed by atoms with Gasteiger partial charge < -0.3 is 5.11 Å². The van der Waals surface area contributed by atoms with Gasteiger partial charge in [0, 0.05) is 11.8 Å². The third-order valence-corrected chi connectivity index (χ3v) is 8.52. The van der Waals surface area contributed by atoms with Crippen molar-refractivity contribution in [3.8, 4) is 0 Å². The van der Waals surface area contributed by atoms with E-state index in [1.807, 2.05) is 6.08 Å². The Kier molecular flexibility index (Phi) is 3.75. The van der Waals surface area contributed by atoms with E-state index >= 15 is 0 Å². The van der Waals surface area contributed by atoms with Crippen molar-refractivity contribution in [2.24, 2.45) is 29.1 Å². The molecule has 2 nitrogen and oxygen atoms in total. The summed E-state index contributed by atoms with van der Waals surface area (Å²) in [5.41, 5.74) is 1.22. The minimum atomic E-state index is -0.421. The van der Waals surface area contributed by atoms with Gasteiger partial charge in [-0.05, 0) is 87.5 Å². The van der Waals surface area contributed by atoms with Crippen LogP contribution in [0.2, 0.25) is 0 Å². The van der Waals surface area contributed by atoms with Gasteiger partial charge in [0.1, 0.15) is 0 Å². The summed E-state index contributed by atoms with van der Waals surface area (Å²) in [6, 6.07) is 0. The van der Waals surface area contributed by atoms with Gasteiger partial charge in [-0.25, -0.2) is 0 Å². The van der Waals surface area contributed by atoms with Gasteiger partial charge in [0.25, 0.3) is 0 Å². The van der Waals surface area contributed by atoms with Crippen LogP contribution in [0, 0.1) is 29.1 Å². The molecule has 0 amide bonds. The maximum atomic E-state index is 11.8. The molecule has 0 aromatic carbocycles. The second-order valence-corrected chi connectivity index (χ2v) is 8.78. The van der Waals surface area contributed by atoms with Gasteiger partial charge in [0.05, 0.1) is 5.60 Å². The highest BCUT2D eigenvalue weighted by atomic mass is 16.3. The highest BCUT2D eigenvalue weighted by molar-refractivity contribution is 5.91. The summed E-state index contributed by atoms with van der Waals surface area (Å²) in [4.78, 5) is 11.8. The topological polar surface area (TPSA) is 37.3 Å². The second kappa shape index (κ2) is 5.44. The van der Waals surface area contributed by atoms with Crippen LogP contribution in [0.3, 0.4) is 0 Å². The molecule has 0 spiro atoms. The van der Waals surface area contributed by atoms with E-state index in [1.165, 1.54) is 31.3 Å². The van der Waals surface area contributed by atoms with Crippen LogP contribution in [0.1, 0.15) is 78.1 Å². The first-order chi connectivity index (χ1) is 11.0. The number of hydrogen-bond donors (Lipinski definition) is 1. The lowest BCUT2D eigenvalue weighted by Crippen LogP contribution is -2.53. The average molecular weight is 316 g/mol. The number of fused-ring (bicyclic) bond motifs is 5. The zero-order valence-corrected chi connectivity index (χ0v) is 14.8. The first-order valence-electron chi connectivity index (χ1n) is 10.0. The van der Waals surface area contributed by atoms with Crippen molar-refractivity contribution in [3.63, 3.8) is 0 Å². The van der Waals surface area contributed by atoms with Crippen LogP contribution in [0.25, 0.3) is 0 Å². The summed E-state index contributed by atoms with van der Waals surface area (Å²) in [5.74, 6) is 3.33. The maximum Gasteiger partial charge on any atom is 0.155 e. The zero-order valence-electron chi connectivity index (χ0n) is 14.8. The Labute approximate surface area is 140 Å². The van der Waals surface area contributed by atoms with Crippen LogP contribution in [-0.2, 0) is 4.79 Å². The fraction of sp³-hybridized carbons (Fsp3) is 0.857. The second-order valence-electron chi connectivity index (χ2n) is 8.78. The number of allylic oxidation sites excluding steroid dienone is 1. The van der Waals surface area contributed by atoms with Crippen molar-refractivity contribution in [1.82, 2.24) is 0 Å². The Morgan fingerprint density at radius 2 is 1.87 bits per heavy atom. The predicted molar refractivity (Wildman–Crippen MR) is 92.0 cm³/mol. The van der Waals surface area contributed by atoms with Crippen molar-refractivity contribution < 1.29 is 9.90 Å². The van der Waals surface area contributed by atoms with Gasteiger partial charge in [0.2, 0.25) is 0 Å². The quantitative estimate of drug-likeness (QED) is 0.804. The predicted octanol–water partition coefficient (Wildman–Crippen LogP) is 4.66. The smallest absolute Gasteiger partial charge is 0.155 e. The Bertz CT molecular complexity index is 536. The van der Waals surface area contributed by atoms with Gasteiger partial charge in [-0.3, -0.25) is 4.79 Å². The minimum Gasteiger partial charge on any atom is -0.389 e. The molecule has 4 aliphatic carbocycles. The largest absolute Gasteiger partial charge is 0.389 e. The molecule has 3 saturated carbocycles. The molecule has 0 aliphatic heterocycles. The van der Waals surface area contributed by atoms with E-state index in [1.54, 1.807) is 0 Å². The summed E-state index contributed by atoms with van der Waals surface area (Å²) in [6.07, 6.45) is 13.0. The first kappa shape index (κ1) is 15.9. The third kappa shape index (κ3) is 2.06. The highest BCUT2D eigenvalue weighted by Gasteiger charge is 2.62. The molecule has 23 heavy (non-hydrogen) atoms. The molecule has 4 rings (SSSR count).